The summed E-state index contributed by atoms with van der Waals surface area (Å²) in [4.78, 5) is 12.0. The van der Waals surface area contributed by atoms with Crippen LogP contribution < -0.4 is 14.8 Å². The molecular formula is C17H16BrNO3. The van der Waals surface area contributed by atoms with E-state index in [4.69, 9.17) is 9.47 Å². The number of rotatable bonds is 3. The molecule has 1 atom stereocenters. The van der Waals surface area contributed by atoms with E-state index in [2.05, 4.69) is 21.2 Å². The molecule has 0 radical (unpaired) electrons. The number of ether oxygens (including phenoxy) is 2. The first kappa shape index (κ1) is 14.9. The van der Waals surface area contributed by atoms with Gasteiger partial charge in [0.15, 0.2) is 11.5 Å². The molecule has 0 saturated heterocycles. The fourth-order valence-electron chi connectivity index (χ4n) is 2.78. The van der Waals surface area contributed by atoms with Gasteiger partial charge in [0.05, 0.1) is 14.2 Å². The molecule has 1 aliphatic heterocycles. The van der Waals surface area contributed by atoms with Crippen LogP contribution in [0, 0.1) is 0 Å². The minimum absolute atomic E-state index is 0.00707. The van der Waals surface area contributed by atoms with Crippen molar-refractivity contribution in [1.82, 2.24) is 0 Å². The van der Waals surface area contributed by atoms with E-state index in [1.807, 2.05) is 36.4 Å². The zero-order valence-corrected chi connectivity index (χ0v) is 13.9. The lowest BCUT2D eigenvalue weighted by Gasteiger charge is -2.27. The van der Waals surface area contributed by atoms with Crippen molar-refractivity contribution in [3.63, 3.8) is 0 Å². The number of halogens is 1. The molecule has 2 aromatic carbocycles. The number of hydrogen-bond donors (Lipinski definition) is 1. The zero-order chi connectivity index (χ0) is 15.7. The van der Waals surface area contributed by atoms with Gasteiger partial charge >= 0.3 is 0 Å². The maximum atomic E-state index is 12.0. The third-order valence-corrected chi connectivity index (χ3v) is 4.40. The Morgan fingerprint density at radius 3 is 2.36 bits per heavy atom. The van der Waals surface area contributed by atoms with E-state index in [-0.39, 0.29) is 11.8 Å². The van der Waals surface area contributed by atoms with E-state index in [1.54, 1.807) is 14.2 Å². The topological polar surface area (TPSA) is 47.6 Å². The van der Waals surface area contributed by atoms with Crippen molar-refractivity contribution in [2.24, 2.45) is 0 Å². The van der Waals surface area contributed by atoms with E-state index in [0.717, 1.165) is 21.3 Å². The van der Waals surface area contributed by atoms with E-state index in [1.165, 1.54) is 0 Å². The van der Waals surface area contributed by atoms with Crippen molar-refractivity contribution in [1.29, 1.82) is 0 Å². The molecule has 3 rings (SSSR count). The second-order valence-corrected chi connectivity index (χ2v) is 6.07. The Kier molecular flexibility index (Phi) is 4.07. The fraction of sp³-hybridized carbons (Fsp3) is 0.235. The van der Waals surface area contributed by atoms with Crippen molar-refractivity contribution in [3.05, 3.63) is 52.0 Å². The smallest absolute Gasteiger partial charge is 0.225 e. The summed E-state index contributed by atoms with van der Waals surface area (Å²) < 4.78 is 11.7. The minimum Gasteiger partial charge on any atom is -0.493 e. The monoisotopic (exact) mass is 361 g/mol. The number of nitrogens with one attached hydrogen (secondary N) is 1. The van der Waals surface area contributed by atoms with Crippen molar-refractivity contribution in [3.8, 4) is 11.5 Å². The molecule has 0 unspecified atom stereocenters. The van der Waals surface area contributed by atoms with Gasteiger partial charge in [-0.05, 0) is 29.3 Å². The quantitative estimate of drug-likeness (QED) is 0.900. The molecule has 0 fully saturated rings. The SMILES string of the molecule is COc1cc2c(cc1OC)[C@H](c1ccc(Br)cc1)CC(=O)N2. The van der Waals surface area contributed by atoms with Crippen LogP contribution in [0.25, 0.3) is 0 Å². The Morgan fingerprint density at radius 1 is 1.09 bits per heavy atom. The Hall–Kier alpha value is -2.01. The largest absolute Gasteiger partial charge is 0.493 e. The van der Waals surface area contributed by atoms with Gasteiger partial charge in [-0.25, -0.2) is 0 Å². The van der Waals surface area contributed by atoms with E-state index in [9.17, 15) is 4.79 Å². The number of hydrogen-bond acceptors (Lipinski definition) is 3. The molecule has 114 valence electrons. The molecule has 1 heterocycles. The van der Waals surface area contributed by atoms with Gasteiger partial charge in [0, 0.05) is 28.6 Å². The van der Waals surface area contributed by atoms with Crippen LogP contribution in [-0.2, 0) is 4.79 Å². The Labute approximate surface area is 137 Å². The summed E-state index contributed by atoms with van der Waals surface area (Å²) in [5.74, 6) is 1.29. The molecule has 0 spiro atoms. The van der Waals surface area contributed by atoms with Crippen molar-refractivity contribution >= 4 is 27.5 Å². The second kappa shape index (κ2) is 6.01. The number of amides is 1. The lowest BCUT2D eigenvalue weighted by Crippen LogP contribution is -2.23. The highest BCUT2D eigenvalue weighted by Gasteiger charge is 2.28. The standard InChI is InChI=1S/C17H16BrNO3/c1-21-15-7-13-12(10-3-5-11(18)6-4-10)8-17(20)19-14(13)9-16(15)22-2/h3-7,9,12H,8H2,1-2H3,(H,19,20)/t12-/m0/s1. The van der Waals surface area contributed by atoms with Gasteiger partial charge in [-0.2, -0.15) is 0 Å². The van der Waals surface area contributed by atoms with Gasteiger partial charge in [-0.1, -0.05) is 28.1 Å². The average molecular weight is 362 g/mol. The summed E-state index contributed by atoms with van der Waals surface area (Å²) in [6.45, 7) is 0. The zero-order valence-electron chi connectivity index (χ0n) is 12.4. The number of carbonyl (C=O) groups excluding carboxylic acids is 1. The molecular weight excluding hydrogens is 346 g/mol. The molecule has 0 aliphatic carbocycles. The number of benzene rings is 2. The molecule has 5 heteroatoms. The number of carbonyl (C=O) groups is 1. The van der Waals surface area contributed by atoms with Gasteiger partial charge in [-0.3, -0.25) is 4.79 Å². The molecule has 0 bridgehead atoms. The maximum absolute atomic E-state index is 12.0. The van der Waals surface area contributed by atoms with Gasteiger partial charge in [0.1, 0.15) is 0 Å². The van der Waals surface area contributed by atoms with E-state index in [0.29, 0.717) is 17.9 Å². The van der Waals surface area contributed by atoms with Crippen LogP contribution in [0.2, 0.25) is 0 Å². The third-order valence-electron chi connectivity index (χ3n) is 3.87. The van der Waals surface area contributed by atoms with Crippen LogP contribution in [0.3, 0.4) is 0 Å². The first-order chi connectivity index (χ1) is 10.6. The average Bonchev–Trinajstić information content (AvgIpc) is 2.53. The van der Waals surface area contributed by atoms with Gasteiger partial charge in [0.2, 0.25) is 5.91 Å². The first-order valence-electron chi connectivity index (χ1n) is 6.93. The molecule has 1 aliphatic rings. The highest BCUT2D eigenvalue weighted by atomic mass is 79.9. The number of anilines is 1. The Bertz CT molecular complexity index is 713. The second-order valence-electron chi connectivity index (χ2n) is 5.15. The van der Waals surface area contributed by atoms with Crippen LogP contribution in [0.1, 0.15) is 23.5 Å². The predicted octanol–water partition coefficient (Wildman–Crippen LogP) is 3.94. The Balaban J connectivity index is 2.11. The lowest BCUT2D eigenvalue weighted by atomic mass is 9.84. The molecule has 4 nitrogen and oxygen atoms in total. The van der Waals surface area contributed by atoms with Gasteiger partial charge in [0.25, 0.3) is 0 Å². The van der Waals surface area contributed by atoms with Crippen LogP contribution in [0.5, 0.6) is 11.5 Å². The minimum atomic E-state index is 0.00707. The summed E-state index contributed by atoms with van der Waals surface area (Å²) in [6.07, 6.45) is 0.421. The number of fused-ring (bicyclic) bond motifs is 1. The molecule has 1 amide bonds. The lowest BCUT2D eigenvalue weighted by molar-refractivity contribution is -0.116. The van der Waals surface area contributed by atoms with Gasteiger partial charge in [-0.15, -0.1) is 0 Å². The molecule has 2 aromatic rings. The summed E-state index contributed by atoms with van der Waals surface area (Å²) in [7, 11) is 3.20. The van der Waals surface area contributed by atoms with Crippen molar-refractivity contribution in [2.75, 3.05) is 19.5 Å². The summed E-state index contributed by atoms with van der Waals surface area (Å²) in [5.41, 5.74) is 2.92. The maximum Gasteiger partial charge on any atom is 0.225 e. The number of methoxy groups -OCH3 is 2. The van der Waals surface area contributed by atoms with Crippen LogP contribution in [0.4, 0.5) is 5.69 Å². The van der Waals surface area contributed by atoms with Crippen molar-refractivity contribution in [2.45, 2.75) is 12.3 Å². The summed E-state index contributed by atoms with van der Waals surface area (Å²) >= 11 is 3.44. The summed E-state index contributed by atoms with van der Waals surface area (Å²) in [5, 5.41) is 2.91. The Morgan fingerprint density at radius 2 is 1.73 bits per heavy atom. The summed E-state index contributed by atoms with van der Waals surface area (Å²) in [6, 6.07) is 11.8. The third kappa shape index (κ3) is 2.68. The predicted molar refractivity (Wildman–Crippen MR) is 88.8 cm³/mol. The van der Waals surface area contributed by atoms with Crippen molar-refractivity contribution < 1.29 is 14.3 Å². The van der Waals surface area contributed by atoms with E-state index < -0.39 is 0 Å². The molecule has 1 N–H and O–H groups in total. The van der Waals surface area contributed by atoms with Gasteiger partial charge < -0.3 is 14.8 Å². The first-order valence-corrected chi connectivity index (χ1v) is 7.73. The normalized spacial score (nSPS) is 16.7. The van der Waals surface area contributed by atoms with Crippen LogP contribution in [0.15, 0.2) is 40.9 Å². The molecule has 0 saturated carbocycles. The van der Waals surface area contributed by atoms with Crippen LogP contribution in [-0.4, -0.2) is 20.1 Å². The highest BCUT2D eigenvalue weighted by Crippen LogP contribution is 2.43. The fourth-order valence-corrected chi connectivity index (χ4v) is 3.04. The highest BCUT2D eigenvalue weighted by molar-refractivity contribution is 9.10. The van der Waals surface area contributed by atoms with Crippen LogP contribution >= 0.6 is 15.9 Å². The molecule has 0 aromatic heterocycles. The van der Waals surface area contributed by atoms with E-state index >= 15 is 0 Å². The molecule has 22 heavy (non-hydrogen) atoms.